The molecule has 0 saturated carbocycles. The minimum absolute atomic E-state index is 0.324. The number of hydrogen-bond donors (Lipinski definition) is 2. The second-order valence-electron chi connectivity index (χ2n) is 9.15. The van der Waals surface area contributed by atoms with Gasteiger partial charge in [-0.25, -0.2) is 9.59 Å². The summed E-state index contributed by atoms with van der Waals surface area (Å²) in [5.74, 6) is 0.0101. The van der Waals surface area contributed by atoms with Crippen LogP contribution in [-0.4, -0.2) is 47.2 Å². The van der Waals surface area contributed by atoms with Gasteiger partial charge in [0.25, 0.3) is 5.91 Å². The van der Waals surface area contributed by atoms with Crippen molar-refractivity contribution >= 4 is 34.6 Å². The molecule has 0 fully saturated rings. The number of benzene rings is 1. The van der Waals surface area contributed by atoms with Crippen LogP contribution in [0.15, 0.2) is 15.3 Å². The monoisotopic (exact) mass is 475 g/mol. The fraction of sp³-hybridized carbons (Fsp3) is 0.542. The highest BCUT2D eigenvalue weighted by molar-refractivity contribution is 7.98. The molecule has 2 N–H and O–H groups in total. The Morgan fingerprint density at radius 1 is 1.24 bits per heavy atom. The minimum atomic E-state index is -1.08. The van der Waals surface area contributed by atoms with Crippen molar-refractivity contribution in [3.8, 4) is 11.5 Å². The molecule has 1 amide bonds. The van der Waals surface area contributed by atoms with Gasteiger partial charge in [-0.15, -0.1) is 0 Å². The molecule has 0 bridgehead atoms. The summed E-state index contributed by atoms with van der Waals surface area (Å²) < 4.78 is 17.8. The number of carbonyl (C=O) groups excluding carboxylic acids is 1. The third kappa shape index (κ3) is 4.83. The molecule has 8 nitrogen and oxygen atoms in total. The van der Waals surface area contributed by atoms with Crippen molar-refractivity contribution in [3.63, 3.8) is 0 Å². The molecule has 0 saturated heterocycles. The third-order valence-electron chi connectivity index (χ3n) is 6.23. The zero-order chi connectivity index (χ0) is 23.8. The highest BCUT2D eigenvalue weighted by atomic mass is 32.2. The van der Waals surface area contributed by atoms with Crippen molar-refractivity contribution in [2.45, 2.75) is 64.0 Å². The van der Waals surface area contributed by atoms with Crippen molar-refractivity contribution in [1.82, 2.24) is 5.32 Å². The fourth-order valence-corrected chi connectivity index (χ4v) is 5.01. The number of rotatable bonds is 8. The molecule has 178 valence electrons. The number of ether oxygens (including phenoxy) is 2. The Labute approximate surface area is 196 Å². The molecular formula is C24H29NO7S. The van der Waals surface area contributed by atoms with Gasteiger partial charge < -0.3 is 24.3 Å². The van der Waals surface area contributed by atoms with E-state index in [-0.39, 0.29) is 17.8 Å². The summed E-state index contributed by atoms with van der Waals surface area (Å²) >= 11 is 1.52. The van der Waals surface area contributed by atoms with Gasteiger partial charge in [0, 0.05) is 17.2 Å². The molecule has 4 rings (SSSR count). The van der Waals surface area contributed by atoms with Gasteiger partial charge in [0.15, 0.2) is 6.61 Å². The minimum Gasteiger partial charge on any atom is -0.487 e. The van der Waals surface area contributed by atoms with Gasteiger partial charge in [-0.3, -0.25) is 4.79 Å². The molecule has 1 aliphatic carbocycles. The number of aryl methyl sites for hydroxylation is 2. The number of carboxylic acid groups (broad SMARTS) is 1. The number of aliphatic carboxylic acids is 1. The number of hydrogen-bond acceptors (Lipinski definition) is 7. The van der Waals surface area contributed by atoms with Gasteiger partial charge >= 0.3 is 11.6 Å². The van der Waals surface area contributed by atoms with Gasteiger partial charge in [-0.05, 0) is 69.9 Å². The number of thioether (sulfide) groups is 1. The average Bonchev–Trinajstić information content (AvgIpc) is 3.24. The molecule has 0 radical (unpaired) electrons. The van der Waals surface area contributed by atoms with Crippen LogP contribution in [-0.2, 0) is 28.9 Å². The lowest BCUT2D eigenvalue weighted by Crippen LogP contribution is -2.43. The van der Waals surface area contributed by atoms with Crippen LogP contribution in [0.1, 0.15) is 49.8 Å². The smallest absolute Gasteiger partial charge is 0.339 e. The molecule has 1 aliphatic heterocycles. The Morgan fingerprint density at radius 2 is 2.00 bits per heavy atom. The van der Waals surface area contributed by atoms with Crippen molar-refractivity contribution in [2.75, 3.05) is 18.6 Å². The predicted molar refractivity (Wildman–Crippen MR) is 126 cm³/mol. The highest BCUT2D eigenvalue weighted by Crippen LogP contribution is 2.44. The lowest BCUT2D eigenvalue weighted by Gasteiger charge is -2.33. The zero-order valence-electron chi connectivity index (χ0n) is 19.1. The average molecular weight is 476 g/mol. The summed E-state index contributed by atoms with van der Waals surface area (Å²) in [6, 6.07) is 0.799. The van der Waals surface area contributed by atoms with Crippen LogP contribution >= 0.6 is 11.8 Å². The first-order valence-electron chi connectivity index (χ1n) is 11.2. The molecule has 2 heterocycles. The lowest BCUT2D eigenvalue weighted by atomic mass is 9.91. The van der Waals surface area contributed by atoms with Crippen molar-refractivity contribution < 1.29 is 28.6 Å². The Bertz CT molecular complexity index is 1150. The van der Waals surface area contributed by atoms with Gasteiger partial charge in [0.05, 0.1) is 5.39 Å². The Kier molecular flexibility index (Phi) is 6.61. The topological polar surface area (TPSA) is 115 Å². The van der Waals surface area contributed by atoms with E-state index in [1.165, 1.54) is 11.8 Å². The van der Waals surface area contributed by atoms with Gasteiger partial charge in [0.2, 0.25) is 0 Å². The number of nitrogens with one attached hydrogen (secondary N) is 1. The quantitative estimate of drug-likeness (QED) is 0.560. The van der Waals surface area contributed by atoms with Gasteiger partial charge in [-0.1, -0.05) is 0 Å². The summed E-state index contributed by atoms with van der Waals surface area (Å²) in [6.07, 6.45) is 5.94. The first-order valence-corrected chi connectivity index (χ1v) is 12.6. The van der Waals surface area contributed by atoms with E-state index < -0.39 is 17.9 Å². The van der Waals surface area contributed by atoms with Crippen molar-refractivity contribution in [2.24, 2.45) is 0 Å². The summed E-state index contributed by atoms with van der Waals surface area (Å²) in [5, 5.41) is 12.6. The predicted octanol–water partition coefficient (Wildman–Crippen LogP) is 3.09. The largest absolute Gasteiger partial charge is 0.487 e. The maximum atomic E-state index is 12.6. The number of carbonyl (C=O) groups is 2. The van der Waals surface area contributed by atoms with Crippen LogP contribution in [0, 0.1) is 0 Å². The molecule has 1 aromatic heterocycles. The molecule has 0 spiro atoms. The van der Waals surface area contributed by atoms with E-state index in [4.69, 9.17) is 13.9 Å². The van der Waals surface area contributed by atoms with Crippen LogP contribution in [0.5, 0.6) is 11.5 Å². The van der Waals surface area contributed by atoms with E-state index in [1.807, 2.05) is 20.1 Å². The van der Waals surface area contributed by atoms with Gasteiger partial charge in [-0.2, -0.15) is 11.8 Å². The van der Waals surface area contributed by atoms with Crippen LogP contribution in [0.4, 0.5) is 0 Å². The third-order valence-corrected chi connectivity index (χ3v) is 6.88. The second kappa shape index (κ2) is 9.29. The van der Waals surface area contributed by atoms with Crippen LogP contribution in [0.25, 0.3) is 11.0 Å². The lowest BCUT2D eigenvalue weighted by molar-refractivity contribution is -0.142. The van der Waals surface area contributed by atoms with Crippen LogP contribution < -0.4 is 20.4 Å². The molecule has 1 atom stereocenters. The summed E-state index contributed by atoms with van der Waals surface area (Å²) in [5.41, 5.74) is 2.18. The Balaban J connectivity index is 1.67. The summed E-state index contributed by atoms with van der Waals surface area (Å²) in [6.45, 7) is 3.63. The molecule has 1 aromatic carbocycles. The van der Waals surface area contributed by atoms with Crippen LogP contribution in [0.3, 0.4) is 0 Å². The highest BCUT2D eigenvalue weighted by Gasteiger charge is 2.32. The summed E-state index contributed by atoms with van der Waals surface area (Å²) in [7, 11) is 0. The maximum absolute atomic E-state index is 12.6. The zero-order valence-corrected chi connectivity index (χ0v) is 19.9. The fourth-order valence-electron chi connectivity index (χ4n) is 4.54. The molecule has 2 aromatic rings. The van der Waals surface area contributed by atoms with E-state index in [9.17, 15) is 19.5 Å². The van der Waals surface area contributed by atoms with E-state index in [1.54, 1.807) is 6.07 Å². The van der Waals surface area contributed by atoms with E-state index >= 15 is 0 Å². The molecule has 2 aliphatic rings. The molecule has 1 unspecified atom stereocenters. The first kappa shape index (κ1) is 23.5. The molecule has 33 heavy (non-hydrogen) atoms. The molecular weight excluding hydrogens is 446 g/mol. The van der Waals surface area contributed by atoms with E-state index in [0.717, 1.165) is 30.4 Å². The SMILES string of the molecule is CSCCC(NC(=O)COc1cc2c(c3oc(=O)c4c(c13)CCC4)CCC(C)(C)O2)C(=O)O. The summed E-state index contributed by atoms with van der Waals surface area (Å²) in [4.78, 5) is 36.6. The normalized spacial score (nSPS) is 17.1. The maximum Gasteiger partial charge on any atom is 0.339 e. The standard InChI is InChI=1S/C24H29NO7S/c1-24(2)9-7-15-17(32-24)11-18(20-13-5-4-6-14(13)23(29)31-21(15)20)30-12-19(26)25-16(22(27)28)8-10-33-3/h11,16H,4-10,12H2,1-3H3,(H,25,26)(H,27,28). The van der Waals surface area contributed by atoms with Crippen molar-refractivity contribution in [3.05, 3.63) is 33.2 Å². The number of fused-ring (bicyclic) bond motifs is 5. The van der Waals surface area contributed by atoms with E-state index in [2.05, 4.69) is 5.32 Å². The Hall–Kier alpha value is -2.68. The van der Waals surface area contributed by atoms with Crippen LogP contribution in [0.2, 0.25) is 0 Å². The van der Waals surface area contributed by atoms with E-state index in [0.29, 0.717) is 53.0 Å². The van der Waals surface area contributed by atoms with Crippen molar-refractivity contribution in [1.29, 1.82) is 0 Å². The molecule has 9 heteroatoms. The Morgan fingerprint density at radius 3 is 2.73 bits per heavy atom. The first-order chi connectivity index (χ1) is 15.7. The number of carboxylic acids is 1. The second-order valence-corrected chi connectivity index (χ2v) is 10.1. The number of amides is 1. The van der Waals surface area contributed by atoms with Gasteiger partial charge in [0.1, 0.15) is 28.7 Å².